The molecule has 0 bridgehead atoms. The Morgan fingerprint density at radius 1 is 1.17 bits per heavy atom. The maximum atomic E-state index is 13.9. The lowest BCUT2D eigenvalue weighted by Gasteiger charge is -2.28. The predicted octanol–water partition coefficient (Wildman–Crippen LogP) is 1.80. The van der Waals surface area contributed by atoms with E-state index in [2.05, 4.69) is 10.2 Å². The molecule has 24 heavy (non-hydrogen) atoms. The van der Waals surface area contributed by atoms with E-state index in [9.17, 15) is 18.0 Å². The number of halogens is 3. The lowest BCUT2D eigenvalue weighted by Crippen LogP contribution is -2.39. The number of hydrogen-bond acceptors (Lipinski definition) is 4. The van der Waals surface area contributed by atoms with Crippen molar-refractivity contribution in [1.82, 2.24) is 15.1 Å². The predicted molar refractivity (Wildman–Crippen MR) is 74.4 cm³/mol. The monoisotopic (exact) mass is 339 g/mol. The molecule has 2 aliphatic heterocycles. The fourth-order valence-electron chi connectivity index (χ4n) is 2.88. The molecule has 3 heterocycles. The number of likely N-dealkylation sites (tertiary alicyclic amines) is 1. The highest BCUT2D eigenvalue weighted by atomic mass is 19.1. The molecule has 0 spiro atoms. The van der Waals surface area contributed by atoms with E-state index in [0.29, 0.717) is 0 Å². The van der Waals surface area contributed by atoms with Crippen molar-refractivity contribution >= 4 is 5.91 Å². The number of aromatic nitrogens is 2. The van der Waals surface area contributed by atoms with Gasteiger partial charge in [0.2, 0.25) is 11.5 Å². The SMILES string of the molecule is Cc1[nH]nc(C(=O)N2C[C@@H]3Oc4c(F)ccc(F)c4O[C@@H]3C2)c1F. The molecule has 1 amide bonds. The topological polar surface area (TPSA) is 67.5 Å². The minimum absolute atomic E-state index is 0.0598. The van der Waals surface area contributed by atoms with E-state index < -0.39 is 35.6 Å². The van der Waals surface area contributed by atoms with Gasteiger partial charge in [0.1, 0.15) is 0 Å². The normalized spacial score (nSPS) is 21.8. The van der Waals surface area contributed by atoms with Crippen LogP contribution in [0.1, 0.15) is 16.2 Å². The number of fused-ring (bicyclic) bond motifs is 2. The Morgan fingerprint density at radius 3 is 2.17 bits per heavy atom. The summed E-state index contributed by atoms with van der Waals surface area (Å²) < 4.78 is 52.3. The molecule has 9 heteroatoms. The average molecular weight is 339 g/mol. The second-order valence-corrected chi connectivity index (χ2v) is 5.72. The summed E-state index contributed by atoms with van der Waals surface area (Å²) >= 11 is 0. The molecule has 1 N–H and O–H groups in total. The Kier molecular flexibility index (Phi) is 3.19. The van der Waals surface area contributed by atoms with E-state index in [1.807, 2.05) is 0 Å². The Labute approximate surface area is 134 Å². The van der Waals surface area contributed by atoms with Crippen molar-refractivity contribution in [3.05, 3.63) is 41.0 Å². The number of H-pyrrole nitrogens is 1. The highest BCUT2D eigenvalue weighted by Crippen LogP contribution is 2.40. The number of hydrogen-bond donors (Lipinski definition) is 1. The van der Waals surface area contributed by atoms with E-state index in [1.54, 1.807) is 0 Å². The molecule has 2 aliphatic rings. The molecule has 0 unspecified atom stereocenters. The van der Waals surface area contributed by atoms with Crippen molar-refractivity contribution in [3.8, 4) is 11.5 Å². The van der Waals surface area contributed by atoms with Gasteiger partial charge in [-0.2, -0.15) is 5.10 Å². The van der Waals surface area contributed by atoms with Crippen molar-refractivity contribution in [1.29, 1.82) is 0 Å². The highest BCUT2D eigenvalue weighted by Gasteiger charge is 2.44. The standard InChI is InChI=1S/C15H12F3N3O3/c1-6-11(18)12(20-19-6)15(22)21-4-9-10(5-21)24-14-8(17)3-2-7(16)13(14)23-9/h2-3,9-10H,4-5H2,1H3,(H,19,20)/t9-,10+. The van der Waals surface area contributed by atoms with Gasteiger partial charge in [0.25, 0.3) is 5.91 Å². The second kappa shape index (κ2) is 5.15. The minimum atomic E-state index is -0.747. The number of aromatic amines is 1. The molecule has 1 aromatic heterocycles. The molecule has 0 radical (unpaired) electrons. The summed E-state index contributed by atoms with van der Waals surface area (Å²) in [5, 5.41) is 6.05. The number of rotatable bonds is 1. The van der Waals surface area contributed by atoms with Crippen molar-refractivity contribution in [2.45, 2.75) is 19.1 Å². The van der Waals surface area contributed by atoms with E-state index in [4.69, 9.17) is 9.47 Å². The first-order valence-electron chi connectivity index (χ1n) is 7.26. The number of benzene rings is 1. The van der Waals surface area contributed by atoms with E-state index in [1.165, 1.54) is 11.8 Å². The van der Waals surface area contributed by atoms with Crippen molar-refractivity contribution < 1.29 is 27.4 Å². The largest absolute Gasteiger partial charge is 0.478 e. The van der Waals surface area contributed by atoms with Crippen LogP contribution in [0.4, 0.5) is 13.2 Å². The maximum Gasteiger partial charge on any atom is 0.277 e. The number of nitrogens with zero attached hydrogens (tertiary/aromatic N) is 2. The molecular formula is C15H12F3N3O3. The van der Waals surface area contributed by atoms with Crippen LogP contribution in [-0.4, -0.2) is 46.3 Å². The molecule has 1 saturated heterocycles. The average Bonchev–Trinajstić information content (AvgIpc) is 3.13. The van der Waals surface area contributed by atoms with Crippen molar-refractivity contribution in [2.75, 3.05) is 13.1 Å². The summed E-state index contributed by atoms with van der Waals surface area (Å²) in [5.74, 6) is -3.48. The van der Waals surface area contributed by atoms with E-state index >= 15 is 0 Å². The maximum absolute atomic E-state index is 13.9. The quantitative estimate of drug-likeness (QED) is 0.860. The first kappa shape index (κ1) is 14.9. The van der Waals surface area contributed by atoms with Gasteiger partial charge in [-0.25, -0.2) is 13.2 Å². The number of aryl methyl sites for hydroxylation is 1. The molecule has 0 aliphatic carbocycles. The number of amides is 1. The number of carbonyl (C=O) groups is 1. The second-order valence-electron chi connectivity index (χ2n) is 5.72. The van der Waals surface area contributed by atoms with Crippen LogP contribution in [0.2, 0.25) is 0 Å². The molecular weight excluding hydrogens is 327 g/mol. The van der Waals surface area contributed by atoms with Crippen LogP contribution in [0.15, 0.2) is 12.1 Å². The summed E-state index contributed by atoms with van der Waals surface area (Å²) in [4.78, 5) is 13.7. The van der Waals surface area contributed by atoms with Gasteiger partial charge in [-0.3, -0.25) is 9.89 Å². The van der Waals surface area contributed by atoms with Crippen LogP contribution >= 0.6 is 0 Å². The summed E-state index contributed by atoms with van der Waals surface area (Å²) in [6.07, 6.45) is -1.33. The van der Waals surface area contributed by atoms with Crippen LogP contribution in [0.3, 0.4) is 0 Å². The third kappa shape index (κ3) is 2.11. The number of carbonyl (C=O) groups excluding carboxylic acids is 1. The van der Waals surface area contributed by atoms with Crippen LogP contribution < -0.4 is 9.47 Å². The lowest BCUT2D eigenvalue weighted by atomic mass is 10.2. The van der Waals surface area contributed by atoms with Gasteiger partial charge in [-0.15, -0.1) is 0 Å². The molecule has 2 aromatic rings. The molecule has 6 nitrogen and oxygen atoms in total. The van der Waals surface area contributed by atoms with Gasteiger partial charge >= 0.3 is 0 Å². The molecule has 1 fully saturated rings. The van der Waals surface area contributed by atoms with Gasteiger partial charge in [0.05, 0.1) is 18.8 Å². The highest BCUT2D eigenvalue weighted by molar-refractivity contribution is 5.93. The van der Waals surface area contributed by atoms with Crippen molar-refractivity contribution in [2.24, 2.45) is 0 Å². The Balaban J connectivity index is 1.58. The molecule has 1 aromatic carbocycles. The van der Waals surface area contributed by atoms with Crippen molar-refractivity contribution in [3.63, 3.8) is 0 Å². The Bertz CT molecular complexity index is 800. The van der Waals surface area contributed by atoms with Crippen LogP contribution in [0.25, 0.3) is 0 Å². The van der Waals surface area contributed by atoms with Crippen LogP contribution in [0, 0.1) is 24.4 Å². The van der Waals surface area contributed by atoms with E-state index in [0.717, 1.165) is 12.1 Å². The van der Waals surface area contributed by atoms with Gasteiger partial charge < -0.3 is 14.4 Å². The van der Waals surface area contributed by atoms with E-state index in [-0.39, 0.29) is 36.0 Å². The zero-order chi connectivity index (χ0) is 17.0. The van der Waals surface area contributed by atoms with Gasteiger partial charge in [0.15, 0.2) is 35.4 Å². The zero-order valence-electron chi connectivity index (χ0n) is 12.5. The van der Waals surface area contributed by atoms with Crippen LogP contribution in [0.5, 0.6) is 11.5 Å². The first-order valence-corrected chi connectivity index (χ1v) is 7.26. The third-order valence-electron chi connectivity index (χ3n) is 4.13. The van der Waals surface area contributed by atoms with Gasteiger partial charge in [-0.05, 0) is 19.1 Å². The molecule has 126 valence electrons. The number of nitrogens with one attached hydrogen (secondary N) is 1. The molecule has 2 atom stereocenters. The summed E-state index contributed by atoms with van der Waals surface area (Å²) in [6.45, 7) is 1.58. The Morgan fingerprint density at radius 2 is 1.71 bits per heavy atom. The zero-order valence-corrected chi connectivity index (χ0v) is 12.5. The molecule has 0 saturated carbocycles. The fraction of sp³-hybridized carbons (Fsp3) is 0.333. The number of ether oxygens (including phenoxy) is 2. The minimum Gasteiger partial charge on any atom is -0.478 e. The Hall–Kier alpha value is -2.71. The van der Waals surface area contributed by atoms with Gasteiger partial charge in [-0.1, -0.05) is 0 Å². The molecule has 4 rings (SSSR count). The van der Waals surface area contributed by atoms with Gasteiger partial charge in [0, 0.05) is 0 Å². The lowest BCUT2D eigenvalue weighted by molar-refractivity contribution is 0.0467. The summed E-state index contributed by atoms with van der Waals surface area (Å²) in [7, 11) is 0. The summed E-state index contributed by atoms with van der Waals surface area (Å²) in [5.41, 5.74) is -0.181. The third-order valence-corrected chi connectivity index (χ3v) is 4.13. The van der Waals surface area contributed by atoms with Crippen LogP contribution in [-0.2, 0) is 0 Å². The first-order chi connectivity index (χ1) is 11.5. The summed E-state index contributed by atoms with van der Waals surface area (Å²) in [6, 6.07) is 1.88. The fourth-order valence-corrected chi connectivity index (χ4v) is 2.88. The smallest absolute Gasteiger partial charge is 0.277 e.